The van der Waals surface area contributed by atoms with E-state index in [2.05, 4.69) is 10.6 Å². The van der Waals surface area contributed by atoms with Gasteiger partial charge < -0.3 is 15.5 Å². The lowest BCUT2D eigenvalue weighted by molar-refractivity contribution is -0.125. The highest BCUT2D eigenvalue weighted by molar-refractivity contribution is 8.00. The van der Waals surface area contributed by atoms with Gasteiger partial charge in [0.05, 0.1) is 10.6 Å². The van der Waals surface area contributed by atoms with Gasteiger partial charge in [0.25, 0.3) is 0 Å². The first-order valence-corrected chi connectivity index (χ1v) is 13.3. The summed E-state index contributed by atoms with van der Waals surface area (Å²) in [5.74, 6) is -0.532. The van der Waals surface area contributed by atoms with Gasteiger partial charge in [0.15, 0.2) is 5.78 Å². The van der Waals surface area contributed by atoms with Gasteiger partial charge in [-0.3, -0.25) is 10.1 Å². The molecule has 1 aliphatic heterocycles. The number of carbonyl (C=O) groups excluding carboxylic acids is 1. The lowest BCUT2D eigenvalue weighted by atomic mass is 9.76. The Morgan fingerprint density at radius 2 is 1.83 bits per heavy atom. The SMILES string of the molecule is O=C1CC(c2ccsc2)(c2cc(Nc3ccc(F)cc3)ccc2O)NC(O)C1Sc1ccccc1Cl. The Hall–Kier alpha value is -2.88. The Morgan fingerprint density at radius 3 is 2.53 bits per heavy atom. The molecule has 1 saturated heterocycles. The second kappa shape index (κ2) is 10.2. The Morgan fingerprint density at radius 1 is 1.08 bits per heavy atom. The van der Waals surface area contributed by atoms with Gasteiger partial charge in [0.1, 0.15) is 23.0 Å². The summed E-state index contributed by atoms with van der Waals surface area (Å²) in [6.07, 6.45) is -1.20. The first-order valence-electron chi connectivity index (χ1n) is 11.1. The van der Waals surface area contributed by atoms with Crippen LogP contribution in [0.5, 0.6) is 5.75 Å². The van der Waals surface area contributed by atoms with Gasteiger partial charge in [-0.05, 0) is 77.0 Å². The van der Waals surface area contributed by atoms with Crippen LogP contribution in [0.1, 0.15) is 17.5 Å². The van der Waals surface area contributed by atoms with Crippen LogP contribution in [0, 0.1) is 5.82 Å². The topological polar surface area (TPSA) is 81.6 Å². The van der Waals surface area contributed by atoms with Gasteiger partial charge >= 0.3 is 0 Å². The number of anilines is 2. The molecule has 1 fully saturated rings. The van der Waals surface area contributed by atoms with Crippen LogP contribution in [0.3, 0.4) is 0 Å². The summed E-state index contributed by atoms with van der Waals surface area (Å²) in [6.45, 7) is 0. The summed E-state index contributed by atoms with van der Waals surface area (Å²) in [5.41, 5.74) is 1.36. The lowest BCUT2D eigenvalue weighted by Gasteiger charge is -2.43. The molecule has 1 aliphatic rings. The number of thiophene rings is 1. The minimum atomic E-state index is -1.21. The number of Topliss-reactive ketones (excluding diaryl/α,β-unsaturated/α-hetero) is 1. The van der Waals surface area contributed by atoms with E-state index in [0.717, 1.165) is 5.56 Å². The molecule has 3 atom stereocenters. The highest BCUT2D eigenvalue weighted by atomic mass is 35.5. The van der Waals surface area contributed by atoms with Crippen molar-refractivity contribution in [1.29, 1.82) is 0 Å². The number of thioether (sulfide) groups is 1. The molecular formula is C27H22ClFN2O3S2. The highest BCUT2D eigenvalue weighted by Gasteiger charge is 2.48. The molecular weight excluding hydrogens is 519 g/mol. The van der Waals surface area contributed by atoms with Gasteiger partial charge in [-0.1, -0.05) is 23.7 Å². The zero-order valence-electron chi connectivity index (χ0n) is 18.8. The maximum atomic E-state index is 13.5. The number of rotatable bonds is 6. The van der Waals surface area contributed by atoms with Gasteiger partial charge in [-0.2, -0.15) is 11.3 Å². The minimum Gasteiger partial charge on any atom is -0.508 e. The third kappa shape index (κ3) is 4.87. The fourth-order valence-electron chi connectivity index (χ4n) is 4.40. The number of aliphatic hydroxyl groups excluding tert-OH is 1. The summed E-state index contributed by atoms with van der Waals surface area (Å²) in [4.78, 5) is 14.2. The number of phenols is 1. The van der Waals surface area contributed by atoms with E-state index in [1.54, 1.807) is 42.5 Å². The standard InChI is InChI=1S/C27H22ClFN2O3S2/c28-21-3-1-2-4-24(21)36-25-23(33)14-27(31-26(25)34,16-11-12-35-15-16)20-13-19(9-10-22(20)32)30-18-7-5-17(29)6-8-18/h1-13,15,25-26,30-32,34H,14H2. The van der Waals surface area contributed by atoms with Crippen molar-refractivity contribution in [3.63, 3.8) is 0 Å². The molecule has 4 N–H and O–H groups in total. The number of hydrogen-bond donors (Lipinski definition) is 4. The summed E-state index contributed by atoms with van der Waals surface area (Å²) in [5, 5.41) is 32.1. The lowest BCUT2D eigenvalue weighted by Crippen LogP contribution is -2.60. The van der Waals surface area contributed by atoms with E-state index < -0.39 is 17.0 Å². The van der Waals surface area contributed by atoms with Crippen LogP contribution in [0.4, 0.5) is 15.8 Å². The second-order valence-corrected chi connectivity index (χ2v) is 10.9. The number of halogens is 2. The third-order valence-electron chi connectivity index (χ3n) is 6.13. The third-order valence-corrected chi connectivity index (χ3v) is 8.64. The molecule has 5 rings (SSSR count). The molecule has 4 aromatic rings. The van der Waals surface area contributed by atoms with E-state index in [1.807, 2.05) is 29.0 Å². The molecule has 1 aromatic heterocycles. The molecule has 5 nitrogen and oxygen atoms in total. The summed E-state index contributed by atoms with van der Waals surface area (Å²) in [7, 11) is 0. The number of hydrogen-bond acceptors (Lipinski definition) is 7. The Balaban J connectivity index is 1.51. The fourth-order valence-corrected chi connectivity index (χ4v) is 6.42. The summed E-state index contributed by atoms with van der Waals surface area (Å²) in [6, 6.07) is 20.0. The van der Waals surface area contributed by atoms with Crippen LogP contribution in [0.25, 0.3) is 0 Å². The number of aromatic hydroxyl groups is 1. The van der Waals surface area contributed by atoms with Crippen molar-refractivity contribution in [2.75, 3.05) is 5.32 Å². The van der Waals surface area contributed by atoms with Crippen molar-refractivity contribution in [3.05, 3.63) is 106 Å². The monoisotopic (exact) mass is 540 g/mol. The Kier molecular flexibility index (Phi) is 7.05. The predicted octanol–water partition coefficient (Wildman–Crippen LogP) is 6.28. The second-order valence-electron chi connectivity index (χ2n) is 8.48. The van der Waals surface area contributed by atoms with E-state index in [9.17, 15) is 19.4 Å². The van der Waals surface area contributed by atoms with E-state index in [4.69, 9.17) is 11.6 Å². The summed E-state index contributed by atoms with van der Waals surface area (Å²) < 4.78 is 13.3. The zero-order valence-corrected chi connectivity index (χ0v) is 21.2. The number of nitrogens with one attached hydrogen (secondary N) is 2. The number of benzene rings is 3. The summed E-state index contributed by atoms with van der Waals surface area (Å²) >= 11 is 8.97. The van der Waals surface area contributed by atoms with Crippen molar-refractivity contribution in [1.82, 2.24) is 5.32 Å². The van der Waals surface area contributed by atoms with Crippen LogP contribution in [0.2, 0.25) is 5.02 Å². The van der Waals surface area contributed by atoms with E-state index in [-0.39, 0.29) is 23.8 Å². The normalized spacial score (nSPS) is 21.9. The van der Waals surface area contributed by atoms with Gasteiger partial charge in [0.2, 0.25) is 0 Å². The molecule has 3 aromatic carbocycles. The smallest absolute Gasteiger partial charge is 0.152 e. The number of piperidine rings is 1. The fraction of sp³-hybridized carbons (Fsp3) is 0.148. The highest BCUT2D eigenvalue weighted by Crippen LogP contribution is 2.45. The maximum absolute atomic E-state index is 13.5. The zero-order chi connectivity index (χ0) is 25.3. The quantitative estimate of drug-likeness (QED) is 0.216. The molecule has 9 heteroatoms. The first kappa shape index (κ1) is 24.8. The number of aliphatic hydroxyl groups is 1. The molecule has 184 valence electrons. The van der Waals surface area contributed by atoms with Gasteiger partial charge in [0, 0.05) is 28.3 Å². The van der Waals surface area contributed by atoms with Crippen LogP contribution < -0.4 is 10.6 Å². The van der Waals surface area contributed by atoms with Crippen molar-refractivity contribution in [2.24, 2.45) is 0 Å². The van der Waals surface area contributed by atoms with Crippen molar-refractivity contribution < 1.29 is 19.4 Å². The molecule has 0 radical (unpaired) electrons. The number of ketones is 1. The maximum Gasteiger partial charge on any atom is 0.152 e. The van der Waals surface area contributed by atoms with Crippen molar-refractivity contribution in [2.45, 2.75) is 28.3 Å². The van der Waals surface area contributed by atoms with Crippen molar-refractivity contribution >= 4 is 51.9 Å². The Bertz CT molecular complexity index is 1380. The largest absolute Gasteiger partial charge is 0.508 e. The molecule has 0 bridgehead atoms. The molecule has 0 amide bonds. The minimum absolute atomic E-state index is 0.0104. The van der Waals surface area contributed by atoms with Gasteiger partial charge in [-0.25, -0.2) is 4.39 Å². The van der Waals surface area contributed by atoms with Gasteiger partial charge in [-0.15, -0.1) is 11.8 Å². The first-order chi connectivity index (χ1) is 17.4. The number of carbonyl (C=O) groups is 1. The molecule has 2 heterocycles. The average Bonchev–Trinajstić information content (AvgIpc) is 3.41. The molecule has 0 saturated carbocycles. The van der Waals surface area contributed by atoms with Crippen LogP contribution >= 0.6 is 34.7 Å². The van der Waals surface area contributed by atoms with Crippen molar-refractivity contribution in [3.8, 4) is 5.75 Å². The number of phenolic OH excluding ortho intramolecular Hbond substituents is 1. The predicted molar refractivity (Wildman–Crippen MR) is 143 cm³/mol. The Labute approximate surface area is 221 Å². The molecule has 0 aliphatic carbocycles. The molecule has 0 spiro atoms. The van der Waals surface area contributed by atoms with E-state index in [1.165, 1.54) is 35.2 Å². The van der Waals surface area contributed by atoms with E-state index >= 15 is 0 Å². The molecule has 36 heavy (non-hydrogen) atoms. The van der Waals surface area contributed by atoms with E-state index in [0.29, 0.717) is 26.9 Å². The van der Waals surface area contributed by atoms with Crippen LogP contribution in [-0.4, -0.2) is 27.5 Å². The average molecular weight is 541 g/mol. The van der Waals surface area contributed by atoms with Crippen LogP contribution in [-0.2, 0) is 10.3 Å². The molecule has 3 unspecified atom stereocenters. The van der Waals surface area contributed by atoms with Crippen LogP contribution in [0.15, 0.2) is 88.5 Å².